The molecule has 4 aromatic carbocycles. The molecule has 0 aliphatic heterocycles. The lowest BCUT2D eigenvalue weighted by molar-refractivity contribution is -0.385. The van der Waals surface area contributed by atoms with Crippen LogP contribution in [0.5, 0.6) is 5.75 Å². The summed E-state index contributed by atoms with van der Waals surface area (Å²) in [5, 5.41) is 51.1. The van der Waals surface area contributed by atoms with Crippen LogP contribution in [0.4, 0.5) is 11.4 Å². The van der Waals surface area contributed by atoms with Crippen molar-refractivity contribution >= 4 is 29.3 Å². The standard InChI is InChI=1S/C31H24N2O12/c1-16-11-18(3-7-22(16)28(45-43)25-14-20(32(39)40)5-8-23(25)29(34)35)13-19-4-10-27(17(2)12-19)44-31(38)26-15-21(33(41)42)6-9-24(26)30(36)37/h3-12,14-15,28,43H,13H2,1-2H3,(H,34,35)(H,36,37). The Morgan fingerprint density at radius 2 is 1.27 bits per heavy atom. The van der Waals surface area contributed by atoms with E-state index in [0.29, 0.717) is 23.1 Å². The van der Waals surface area contributed by atoms with Gasteiger partial charge in [-0.1, -0.05) is 30.3 Å². The quantitative estimate of drug-likeness (QED) is 0.0589. The number of carboxylic acid groups (broad SMARTS) is 2. The van der Waals surface area contributed by atoms with Crippen molar-refractivity contribution in [1.29, 1.82) is 0 Å². The van der Waals surface area contributed by atoms with Gasteiger partial charge in [-0.25, -0.2) is 19.3 Å². The first-order valence-corrected chi connectivity index (χ1v) is 13.1. The van der Waals surface area contributed by atoms with E-state index in [2.05, 4.69) is 4.89 Å². The van der Waals surface area contributed by atoms with Crippen molar-refractivity contribution in [2.24, 2.45) is 0 Å². The highest BCUT2D eigenvalue weighted by molar-refractivity contribution is 6.03. The number of benzene rings is 4. The summed E-state index contributed by atoms with van der Waals surface area (Å²) >= 11 is 0. The van der Waals surface area contributed by atoms with E-state index in [9.17, 15) is 50.1 Å². The predicted molar refractivity (Wildman–Crippen MR) is 156 cm³/mol. The zero-order chi connectivity index (χ0) is 33.0. The average molecular weight is 617 g/mol. The van der Waals surface area contributed by atoms with Crippen molar-refractivity contribution in [2.45, 2.75) is 26.4 Å². The topological polar surface area (TPSA) is 217 Å². The normalized spacial score (nSPS) is 11.4. The Labute approximate surface area is 253 Å². The van der Waals surface area contributed by atoms with Crippen molar-refractivity contribution < 1.29 is 49.3 Å². The number of non-ortho nitro benzene ring substituents is 2. The zero-order valence-corrected chi connectivity index (χ0v) is 23.6. The highest BCUT2D eigenvalue weighted by Gasteiger charge is 2.26. The fourth-order valence-corrected chi connectivity index (χ4v) is 4.83. The number of ether oxygens (including phenoxy) is 1. The van der Waals surface area contributed by atoms with Crippen LogP contribution >= 0.6 is 0 Å². The number of carbonyl (C=O) groups excluding carboxylic acids is 1. The first-order chi connectivity index (χ1) is 21.3. The van der Waals surface area contributed by atoms with Gasteiger partial charge in [0, 0.05) is 29.8 Å². The second-order valence-corrected chi connectivity index (χ2v) is 9.97. The molecule has 1 unspecified atom stereocenters. The maximum atomic E-state index is 12.8. The Balaban J connectivity index is 1.57. The molecular formula is C31H24N2O12. The number of nitro benzene ring substituents is 2. The molecule has 1 atom stereocenters. The van der Waals surface area contributed by atoms with Crippen molar-refractivity contribution in [3.05, 3.63) is 143 Å². The molecule has 14 heteroatoms. The molecule has 3 N–H and O–H groups in total. The lowest BCUT2D eigenvalue weighted by Crippen LogP contribution is -2.15. The average Bonchev–Trinajstić information content (AvgIpc) is 2.99. The monoisotopic (exact) mass is 616 g/mol. The fraction of sp³-hybridized carbons (Fsp3) is 0.129. The molecule has 0 aromatic heterocycles. The number of aryl methyl sites for hydroxylation is 2. The minimum absolute atomic E-state index is 0.101. The third-order valence-electron chi connectivity index (χ3n) is 7.00. The number of aromatic carboxylic acids is 2. The summed E-state index contributed by atoms with van der Waals surface area (Å²) in [6, 6.07) is 16.0. The first-order valence-electron chi connectivity index (χ1n) is 13.1. The van der Waals surface area contributed by atoms with Crippen LogP contribution in [0.25, 0.3) is 0 Å². The number of hydrogen-bond donors (Lipinski definition) is 3. The van der Waals surface area contributed by atoms with Gasteiger partial charge < -0.3 is 14.9 Å². The van der Waals surface area contributed by atoms with E-state index in [1.54, 1.807) is 44.2 Å². The van der Waals surface area contributed by atoms with Crippen LogP contribution in [0.15, 0.2) is 72.8 Å². The summed E-state index contributed by atoms with van der Waals surface area (Å²) in [5.41, 5.74) is 0.969. The van der Waals surface area contributed by atoms with E-state index >= 15 is 0 Å². The van der Waals surface area contributed by atoms with Crippen LogP contribution in [0.3, 0.4) is 0 Å². The maximum absolute atomic E-state index is 12.8. The van der Waals surface area contributed by atoms with Gasteiger partial charge in [0.2, 0.25) is 0 Å². The molecule has 0 heterocycles. The summed E-state index contributed by atoms with van der Waals surface area (Å²) in [5.74, 6) is -3.76. The Morgan fingerprint density at radius 1 is 0.711 bits per heavy atom. The van der Waals surface area contributed by atoms with Crippen molar-refractivity contribution in [3.63, 3.8) is 0 Å². The van der Waals surface area contributed by atoms with Gasteiger partial charge >= 0.3 is 17.9 Å². The van der Waals surface area contributed by atoms with Gasteiger partial charge in [0.15, 0.2) is 0 Å². The maximum Gasteiger partial charge on any atom is 0.344 e. The van der Waals surface area contributed by atoms with Crippen LogP contribution in [-0.4, -0.2) is 43.2 Å². The Bertz CT molecular complexity index is 1870. The van der Waals surface area contributed by atoms with Crippen molar-refractivity contribution in [3.8, 4) is 5.75 Å². The SMILES string of the molecule is Cc1cc(Cc2ccc(C(OO)c3cc([N+](=O)[O-])ccc3C(=O)O)c(C)c2)ccc1OC(=O)c1cc([N+](=O)[O-])ccc1C(=O)O. The van der Waals surface area contributed by atoms with E-state index in [1.807, 2.05) is 0 Å². The van der Waals surface area contributed by atoms with E-state index in [0.717, 1.165) is 47.5 Å². The highest BCUT2D eigenvalue weighted by atomic mass is 17.1. The van der Waals surface area contributed by atoms with E-state index in [-0.39, 0.29) is 22.6 Å². The number of carbonyl (C=O) groups is 3. The summed E-state index contributed by atoms with van der Waals surface area (Å²) in [6.07, 6.45) is -0.930. The molecule has 14 nitrogen and oxygen atoms in total. The number of hydrogen-bond acceptors (Lipinski definition) is 10. The number of nitrogens with zero attached hydrogens (tertiary/aromatic N) is 2. The molecule has 4 rings (SSSR count). The molecule has 0 radical (unpaired) electrons. The number of rotatable bonds is 11. The van der Waals surface area contributed by atoms with Gasteiger partial charge in [-0.05, 0) is 66.3 Å². The molecule has 0 aliphatic rings. The molecule has 4 aromatic rings. The van der Waals surface area contributed by atoms with E-state index in [1.165, 1.54) is 6.07 Å². The second-order valence-electron chi connectivity index (χ2n) is 9.97. The van der Waals surface area contributed by atoms with Crippen LogP contribution in [-0.2, 0) is 11.3 Å². The summed E-state index contributed by atoms with van der Waals surface area (Å²) in [4.78, 5) is 61.7. The highest BCUT2D eigenvalue weighted by Crippen LogP contribution is 2.34. The van der Waals surface area contributed by atoms with Crippen molar-refractivity contribution in [1.82, 2.24) is 0 Å². The van der Waals surface area contributed by atoms with Crippen LogP contribution < -0.4 is 4.74 Å². The third-order valence-corrected chi connectivity index (χ3v) is 7.00. The number of nitro groups is 2. The predicted octanol–water partition coefficient (Wildman–Crippen LogP) is 5.91. The molecule has 230 valence electrons. The third kappa shape index (κ3) is 6.98. The van der Waals surface area contributed by atoms with E-state index < -0.39 is 50.7 Å². The first kappa shape index (κ1) is 31.9. The van der Waals surface area contributed by atoms with Crippen LogP contribution in [0, 0.1) is 34.1 Å². The molecule has 0 amide bonds. The van der Waals surface area contributed by atoms with E-state index in [4.69, 9.17) is 4.74 Å². The molecule has 0 saturated heterocycles. The van der Waals surface area contributed by atoms with Gasteiger partial charge in [-0.2, -0.15) is 0 Å². The molecule has 0 bridgehead atoms. The Morgan fingerprint density at radius 3 is 1.80 bits per heavy atom. The second kappa shape index (κ2) is 13.1. The van der Waals surface area contributed by atoms with Crippen LogP contribution in [0.2, 0.25) is 0 Å². The molecule has 0 saturated carbocycles. The van der Waals surface area contributed by atoms with Gasteiger partial charge in [-0.15, -0.1) is 0 Å². The number of carboxylic acids is 2. The van der Waals surface area contributed by atoms with Crippen molar-refractivity contribution in [2.75, 3.05) is 0 Å². The minimum Gasteiger partial charge on any atom is -0.478 e. The smallest absolute Gasteiger partial charge is 0.344 e. The molecule has 0 spiro atoms. The summed E-state index contributed by atoms with van der Waals surface area (Å²) in [6.45, 7) is 3.37. The summed E-state index contributed by atoms with van der Waals surface area (Å²) < 4.78 is 5.38. The zero-order valence-electron chi connectivity index (χ0n) is 23.6. The van der Waals surface area contributed by atoms with Gasteiger partial charge in [-0.3, -0.25) is 25.5 Å². The molecular weight excluding hydrogens is 592 g/mol. The molecule has 0 fully saturated rings. The fourth-order valence-electron chi connectivity index (χ4n) is 4.83. The summed E-state index contributed by atoms with van der Waals surface area (Å²) in [7, 11) is 0. The molecule has 0 aliphatic carbocycles. The number of esters is 1. The lowest BCUT2D eigenvalue weighted by Gasteiger charge is -2.19. The largest absolute Gasteiger partial charge is 0.478 e. The van der Waals surface area contributed by atoms with Crippen LogP contribution in [0.1, 0.15) is 70.6 Å². The Kier molecular flexibility index (Phi) is 9.31. The van der Waals surface area contributed by atoms with Gasteiger partial charge in [0.25, 0.3) is 11.4 Å². The van der Waals surface area contributed by atoms with Gasteiger partial charge in [0.1, 0.15) is 11.9 Å². The molecule has 45 heavy (non-hydrogen) atoms. The minimum atomic E-state index is -1.45. The Hall–Kier alpha value is -5.99. The lowest BCUT2D eigenvalue weighted by atomic mass is 9.91. The van der Waals surface area contributed by atoms with Gasteiger partial charge in [0.05, 0.1) is 26.5 Å².